The van der Waals surface area contributed by atoms with E-state index in [1.54, 1.807) is 0 Å². The minimum absolute atomic E-state index is 0.277. The molecule has 0 aliphatic carbocycles. The Morgan fingerprint density at radius 3 is 2.18 bits per heavy atom. The number of thiocarbonyl (C=S) groups is 1. The van der Waals surface area contributed by atoms with Gasteiger partial charge in [-0.1, -0.05) is 6.92 Å². The second kappa shape index (κ2) is 4.18. The molecule has 0 rings (SSSR count). The highest BCUT2D eigenvalue weighted by atomic mass is 32.1. The number of hydrogen-bond acceptors (Lipinski definition) is 3. The van der Waals surface area contributed by atoms with Crippen LogP contribution >= 0.6 is 12.2 Å². The molecular formula is C7H16O2SSi. The molecule has 0 spiro atoms. The van der Waals surface area contributed by atoms with Crippen LogP contribution in [0.2, 0.25) is 5.54 Å². The van der Waals surface area contributed by atoms with Crippen molar-refractivity contribution in [2.75, 3.05) is 0 Å². The van der Waals surface area contributed by atoms with Crippen molar-refractivity contribution in [3.05, 3.63) is 0 Å². The summed E-state index contributed by atoms with van der Waals surface area (Å²) in [6.45, 7) is 7.80. The highest BCUT2D eigenvalue weighted by Crippen LogP contribution is 2.10. The summed E-state index contributed by atoms with van der Waals surface area (Å²) in [4.78, 5) is 9.97. The highest BCUT2D eigenvalue weighted by Gasteiger charge is 2.14. The molecular weight excluding hydrogens is 176 g/mol. The van der Waals surface area contributed by atoms with Crippen molar-refractivity contribution in [2.45, 2.75) is 38.8 Å². The second-order valence-electron chi connectivity index (χ2n) is 3.75. The van der Waals surface area contributed by atoms with E-state index in [4.69, 9.17) is 22.0 Å². The SMILES string of the molecule is CC([SiH3])C(=S)OOC(C)(C)C. The van der Waals surface area contributed by atoms with Gasteiger partial charge in [-0.15, -0.1) is 0 Å². The van der Waals surface area contributed by atoms with Gasteiger partial charge in [0, 0.05) is 15.8 Å². The van der Waals surface area contributed by atoms with E-state index in [-0.39, 0.29) is 5.60 Å². The van der Waals surface area contributed by atoms with Gasteiger partial charge in [0.1, 0.15) is 5.60 Å². The Hall–Kier alpha value is 0.0669. The van der Waals surface area contributed by atoms with Gasteiger partial charge in [-0.2, -0.15) is 4.89 Å². The fraction of sp³-hybridized carbons (Fsp3) is 0.857. The summed E-state index contributed by atoms with van der Waals surface area (Å²) in [5.74, 6) is 0. The highest BCUT2D eigenvalue weighted by molar-refractivity contribution is 7.80. The summed E-state index contributed by atoms with van der Waals surface area (Å²) in [5.41, 5.74) is 0.0906. The summed E-state index contributed by atoms with van der Waals surface area (Å²) < 4.78 is 0. The summed E-state index contributed by atoms with van der Waals surface area (Å²) in [6.07, 6.45) is 0. The molecule has 66 valence electrons. The third kappa shape index (κ3) is 6.46. The van der Waals surface area contributed by atoms with E-state index in [1.165, 1.54) is 0 Å². The van der Waals surface area contributed by atoms with E-state index in [0.717, 1.165) is 10.2 Å². The van der Waals surface area contributed by atoms with Crippen molar-refractivity contribution in [1.29, 1.82) is 0 Å². The van der Waals surface area contributed by atoms with Crippen LogP contribution in [0.25, 0.3) is 0 Å². The maximum absolute atomic E-state index is 5.03. The third-order valence-electron chi connectivity index (χ3n) is 0.845. The van der Waals surface area contributed by atoms with Gasteiger partial charge in [0.25, 0.3) is 0 Å². The monoisotopic (exact) mass is 192 g/mol. The predicted octanol–water partition coefficient (Wildman–Crippen LogP) is 1.23. The van der Waals surface area contributed by atoms with Gasteiger partial charge >= 0.3 is 0 Å². The first-order valence-electron chi connectivity index (χ1n) is 3.72. The van der Waals surface area contributed by atoms with Crippen molar-refractivity contribution in [1.82, 2.24) is 0 Å². The standard InChI is InChI=1S/C7H16O2SSi/c1-5(11)6(10)8-9-7(2,3)4/h5H,1-4,11H3. The molecule has 2 nitrogen and oxygen atoms in total. The molecule has 0 aromatic heterocycles. The van der Waals surface area contributed by atoms with Crippen molar-refractivity contribution in [3.8, 4) is 0 Å². The van der Waals surface area contributed by atoms with Crippen LogP contribution in [-0.4, -0.2) is 20.9 Å². The smallest absolute Gasteiger partial charge is 0.204 e. The van der Waals surface area contributed by atoms with Crippen LogP contribution in [0.15, 0.2) is 0 Å². The summed E-state index contributed by atoms with van der Waals surface area (Å²) in [6, 6.07) is 0. The van der Waals surface area contributed by atoms with E-state index in [2.05, 4.69) is 0 Å². The van der Waals surface area contributed by atoms with Gasteiger partial charge in [0.15, 0.2) is 0 Å². The minimum Gasteiger partial charge on any atom is -0.330 e. The van der Waals surface area contributed by atoms with Crippen molar-refractivity contribution < 1.29 is 9.78 Å². The fourth-order valence-electron chi connectivity index (χ4n) is 0.262. The molecule has 1 atom stereocenters. The number of rotatable bonds is 2. The summed E-state index contributed by atoms with van der Waals surface area (Å²) in [7, 11) is 1.01. The Bertz CT molecular complexity index is 140. The lowest BCUT2D eigenvalue weighted by atomic mass is 10.2. The molecule has 0 saturated heterocycles. The molecule has 11 heavy (non-hydrogen) atoms. The van der Waals surface area contributed by atoms with E-state index in [9.17, 15) is 0 Å². The lowest BCUT2D eigenvalue weighted by molar-refractivity contribution is -0.287. The van der Waals surface area contributed by atoms with Gasteiger partial charge in [0.05, 0.1) is 0 Å². The Morgan fingerprint density at radius 1 is 1.45 bits per heavy atom. The van der Waals surface area contributed by atoms with Gasteiger partial charge in [-0.3, -0.25) is 0 Å². The molecule has 0 aromatic rings. The second-order valence-corrected chi connectivity index (χ2v) is 5.89. The first-order valence-corrected chi connectivity index (χ1v) is 5.29. The molecule has 0 heterocycles. The fourth-order valence-corrected chi connectivity index (χ4v) is 0.393. The average molecular weight is 192 g/mol. The molecule has 0 N–H and O–H groups in total. The zero-order valence-corrected chi connectivity index (χ0v) is 10.6. The largest absolute Gasteiger partial charge is 0.330 e. The zero-order valence-electron chi connectivity index (χ0n) is 7.80. The first-order chi connectivity index (χ1) is 4.83. The van der Waals surface area contributed by atoms with Gasteiger partial charge in [0.2, 0.25) is 5.05 Å². The average Bonchev–Trinajstić information content (AvgIpc) is 1.80. The minimum atomic E-state index is -0.277. The van der Waals surface area contributed by atoms with Crippen LogP contribution in [0, 0.1) is 0 Å². The van der Waals surface area contributed by atoms with Crippen LogP contribution in [0.5, 0.6) is 0 Å². The molecule has 0 aromatic carbocycles. The molecule has 0 fully saturated rings. The topological polar surface area (TPSA) is 18.5 Å². The summed E-state index contributed by atoms with van der Waals surface area (Å²) in [5, 5.41) is 0.562. The quantitative estimate of drug-likeness (QED) is 0.284. The van der Waals surface area contributed by atoms with E-state index in [1.807, 2.05) is 27.7 Å². The van der Waals surface area contributed by atoms with Gasteiger partial charge < -0.3 is 4.89 Å². The first kappa shape index (κ1) is 11.1. The molecule has 1 unspecified atom stereocenters. The van der Waals surface area contributed by atoms with Crippen LogP contribution in [0.3, 0.4) is 0 Å². The Morgan fingerprint density at radius 2 is 1.91 bits per heavy atom. The van der Waals surface area contributed by atoms with E-state index >= 15 is 0 Å². The number of hydrogen-bond donors (Lipinski definition) is 0. The van der Waals surface area contributed by atoms with Crippen LogP contribution in [0.4, 0.5) is 0 Å². The maximum atomic E-state index is 5.03. The normalized spacial score (nSPS) is 14.5. The van der Waals surface area contributed by atoms with Gasteiger partial charge in [-0.25, -0.2) is 0 Å². The van der Waals surface area contributed by atoms with E-state index < -0.39 is 0 Å². The van der Waals surface area contributed by atoms with Crippen molar-refractivity contribution in [2.24, 2.45) is 0 Å². The molecule has 0 aliphatic rings. The summed E-state index contributed by atoms with van der Waals surface area (Å²) >= 11 is 4.93. The Balaban J connectivity index is 3.64. The molecule has 0 radical (unpaired) electrons. The van der Waals surface area contributed by atoms with E-state index in [0.29, 0.717) is 10.6 Å². The maximum Gasteiger partial charge on any atom is 0.204 e. The lowest BCUT2D eigenvalue weighted by Crippen LogP contribution is -2.22. The van der Waals surface area contributed by atoms with Gasteiger partial charge in [-0.05, 0) is 33.0 Å². The van der Waals surface area contributed by atoms with Crippen LogP contribution in [-0.2, 0) is 9.78 Å². The molecule has 0 amide bonds. The molecule has 0 aliphatic heterocycles. The Labute approximate surface area is 76.6 Å². The molecule has 0 saturated carbocycles. The zero-order chi connectivity index (χ0) is 9.07. The van der Waals surface area contributed by atoms with Crippen LogP contribution < -0.4 is 0 Å². The molecule has 4 heteroatoms. The lowest BCUT2D eigenvalue weighted by Gasteiger charge is -2.18. The Kier molecular flexibility index (Phi) is 4.21. The van der Waals surface area contributed by atoms with Crippen LogP contribution in [0.1, 0.15) is 27.7 Å². The van der Waals surface area contributed by atoms with Crippen molar-refractivity contribution >= 4 is 27.5 Å². The third-order valence-corrected chi connectivity index (χ3v) is 2.33. The molecule has 0 bridgehead atoms. The van der Waals surface area contributed by atoms with Crippen molar-refractivity contribution in [3.63, 3.8) is 0 Å². The predicted molar refractivity (Wildman–Crippen MR) is 53.9 cm³/mol.